The highest BCUT2D eigenvalue weighted by atomic mass is 32.2. The third-order valence-electron chi connectivity index (χ3n) is 6.34. The molecule has 0 aromatic heterocycles. The maximum absolute atomic E-state index is 13.3. The fourth-order valence-corrected chi connectivity index (χ4v) is 5.36. The van der Waals surface area contributed by atoms with Gasteiger partial charge in [-0.25, -0.2) is 4.39 Å². The Balaban J connectivity index is 1.47. The summed E-state index contributed by atoms with van der Waals surface area (Å²) >= 11 is 0. The minimum absolute atomic E-state index is 0.0419. The summed E-state index contributed by atoms with van der Waals surface area (Å²) in [6, 6.07) is 26.0. The van der Waals surface area contributed by atoms with E-state index in [4.69, 9.17) is 24.1 Å². The molecular weight excluding hydrogens is 547 g/mol. The van der Waals surface area contributed by atoms with Crippen LogP contribution >= 0.6 is 0 Å². The number of allylic oxidation sites excluding steroid dienone is 1. The Kier molecular flexibility index (Phi) is 7.81. The lowest BCUT2D eigenvalue weighted by Crippen LogP contribution is -2.21. The number of halogens is 1. The number of rotatable bonds is 9. The van der Waals surface area contributed by atoms with Crippen molar-refractivity contribution in [2.24, 2.45) is 5.73 Å². The van der Waals surface area contributed by atoms with Crippen molar-refractivity contribution in [3.05, 3.63) is 125 Å². The minimum Gasteiger partial charge on any atom is -0.490 e. The number of nitriles is 1. The van der Waals surface area contributed by atoms with Crippen LogP contribution in [0.15, 0.2) is 107 Å². The molecular formula is C31H25FN2O6S. The topological polar surface area (TPSA) is 121 Å². The smallest absolute Gasteiger partial charge is 0.339 e. The summed E-state index contributed by atoms with van der Waals surface area (Å²) in [5.74, 6) is -0.108. The second kappa shape index (κ2) is 11.6. The van der Waals surface area contributed by atoms with Crippen LogP contribution in [0.3, 0.4) is 0 Å². The van der Waals surface area contributed by atoms with Crippen LogP contribution in [-0.2, 0) is 16.7 Å². The molecule has 1 aliphatic rings. The van der Waals surface area contributed by atoms with Gasteiger partial charge < -0.3 is 24.1 Å². The fourth-order valence-electron chi connectivity index (χ4n) is 4.43. The highest BCUT2D eigenvalue weighted by Gasteiger charge is 2.32. The maximum atomic E-state index is 13.3. The van der Waals surface area contributed by atoms with Crippen LogP contribution in [0.5, 0.6) is 23.0 Å². The highest BCUT2D eigenvalue weighted by Crippen LogP contribution is 2.45. The zero-order chi connectivity index (χ0) is 29.0. The van der Waals surface area contributed by atoms with Crippen LogP contribution in [0.25, 0.3) is 0 Å². The third kappa shape index (κ3) is 5.95. The Hall–Kier alpha value is -5.01. The Morgan fingerprint density at radius 1 is 0.951 bits per heavy atom. The van der Waals surface area contributed by atoms with Gasteiger partial charge in [0.15, 0.2) is 11.5 Å². The number of nitrogens with zero attached hydrogens (tertiary/aromatic N) is 1. The Labute approximate surface area is 237 Å². The predicted octanol–water partition coefficient (Wildman–Crippen LogP) is 5.79. The van der Waals surface area contributed by atoms with E-state index in [1.54, 1.807) is 18.2 Å². The van der Waals surface area contributed by atoms with E-state index in [0.717, 1.165) is 29.8 Å². The Morgan fingerprint density at radius 3 is 2.41 bits per heavy atom. The molecule has 1 atom stereocenters. The number of benzene rings is 4. The molecule has 0 fully saturated rings. The van der Waals surface area contributed by atoms with Crippen molar-refractivity contribution in [1.29, 1.82) is 5.26 Å². The van der Waals surface area contributed by atoms with Gasteiger partial charge in [0.1, 0.15) is 40.5 Å². The van der Waals surface area contributed by atoms with Gasteiger partial charge in [-0.2, -0.15) is 13.7 Å². The number of hydrogen-bond acceptors (Lipinski definition) is 8. The molecule has 4 aromatic carbocycles. The number of nitrogens with two attached hydrogens (primary N) is 1. The van der Waals surface area contributed by atoms with Gasteiger partial charge in [0.25, 0.3) is 0 Å². The summed E-state index contributed by atoms with van der Waals surface area (Å²) < 4.78 is 61.5. The van der Waals surface area contributed by atoms with E-state index in [2.05, 4.69) is 6.07 Å². The Morgan fingerprint density at radius 2 is 1.71 bits per heavy atom. The monoisotopic (exact) mass is 572 g/mol. The Bertz CT molecular complexity index is 1750. The molecule has 41 heavy (non-hydrogen) atoms. The van der Waals surface area contributed by atoms with E-state index in [-0.39, 0.29) is 27.9 Å². The van der Waals surface area contributed by atoms with Gasteiger partial charge in [0, 0.05) is 11.6 Å². The minimum atomic E-state index is -4.24. The number of hydrogen-bond donors (Lipinski definition) is 1. The summed E-state index contributed by atoms with van der Waals surface area (Å²) in [4.78, 5) is -0.209. The van der Waals surface area contributed by atoms with Gasteiger partial charge in [-0.05, 0) is 60.5 Å². The van der Waals surface area contributed by atoms with Crippen LogP contribution in [0.2, 0.25) is 0 Å². The van der Waals surface area contributed by atoms with Crippen molar-refractivity contribution in [1.82, 2.24) is 0 Å². The van der Waals surface area contributed by atoms with Crippen LogP contribution in [0.4, 0.5) is 4.39 Å². The van der Waals surface area contributed by atoms with E-state index in [0.29, 0.717) is 35.8 Å². The summed E-state index contributed by atoms with van der Waals surface area (Å²) in [6.07, 6.45) is 0. The first-order valence-corrected chi connectivity index (χ1v) is 14.0. The van der Waals surface area contributed by atoms with Crippen molar-refractivity contribution in [3.8, 4) is 29.1 Å². The van der Waals surface area contributed by atoms with E-state index in [1.165, 1.54) is 12.1 Å². The lowest BCUT2D eigenvalue weighted by atomic mass is 9.83. The molecule has 0 bridgehead atoms. The largest absolute Gasteiger partial charge is 0.490 e. The van der Waals surface area contributed by atoms with Gasteiger partial charge in [-0.3, -0.25) is 0 Å². The molecule has 0 radical (unpaired) electrons. The first kappa shape index (κ1) is 27.6. The van der Waals surface area contributed by atoms with Crippen LogP contribution in [0, 0.1) is 17.1 Å². The molecule has 5 rings (SSSR count). The molecule has 0 aliphatic carbocycles. The summed E-state index contributed by atoms with van der Waals surface area (Å²) in [5.41, 5.74) is 8.59. The third-order valence-corrected chi connectivity index (χ3v) is 7.60. The molecule has 4 aromatic rings. The van der Waals surface area contributed by atoms with Gasteiger partial charge >= 0.3 is 10.1 Å². The molecule has 0 spiro atoms. The van der Waals surface area contributed by atoms with Gasteiger partial charge in [-0.15, -0.1) is 0 Å². The van der Waals surface area contributed by atoms with Gasteiger partial charge in [0.05, 0.1) is 12.5 Å². The molecule has 10 heteroatoms. The van der Waals surface area contributed by atoms with Crippen LogP contribution < -0.4 is 24.1 Å². The highest BCUT2D eigenvalue weighted by molar-refractivity contribution is 7.87. The molecule has 1 unspecified atom stereocenters. The van der Waals surface area contributed by atoms with E-state index in [1.807, 2.05) is 43.3 Å². The summed E-state index contributed by atoms with van der Waals surface area (Å²) in [6.45, 7) is 2.60. The van der Waals surface area contributed by atoms with Crippen LogP contribution in [-0.4, -0.2) is 15.0 Å². The molecule has 8 nitrogen and oxygen atoms in total. The van der Waals surface area contributed by atoms with Crippen molar-refractivity contribution in [3.63, 3.8) is 0 Å². The zero-order valence-corrected chi connectivity index (χ0v) is 22.7. The van der Waals surface area contributed by atoms with Crippen molar-refractivity contribution < 1.29 is 31.2 Å². The quantitative estimate of drug-likeness (QED) is 0.250. The van der Waals surface area contributed by atoms with E-state index >= 15 is 0 Å². The predicted molar refractivity (Wildman–Crippen MR) is 148 cm³/mol. The SMILES string of the molecule is CCOc1cc(C2C(C#N)=C(N)Oc3cc(OS(=O)(=O)c4ccc(F)cc4)ccc32)ccc1OCc1ccccc1. The second-order valence-corrected chi connectivity index (χ2v) is 10.6. The van der Waals surface area contributed by atoms with Gasteiger partial charge in [-0.1, -0.05) is 42.5 Å². The lowest BCUT2D eigenvalue weighted by molar-refractivity contribution is 0.269. The zero-order valence-electron chi connectivity index (χ0n) is 21.9. The van der Waals surface area contributed by atoms with E-state index in [9.17, 15) is 18.1 Å². The number of fused-ring (bicyclic) bond motifs is 1. The maximum Gasteiger partial charge on any atom is 0.339 e. The standard InChI is InChI=1S/C31H25FN2O6S/c1-2-37-29-16-21(8-15-27(29)38-19-20-6-4-3-5-7-20)30-25-14-11-23(17-28(25)39-31(34)26(30)18-33)40-41(35,36)24-12-9-22(32)10-13-24/h3-17,30H,2,19,34H2,1H3. The molecule has 1 aliphatic heterocycles. The van der Waals surface area contributed by atoms with Gasteiger partial charge in [0.2, 0.25) is 5.88 Å². The average molecular weight is 573 g/mol. The first-order valence-electron chi connectivity index (χ1n) is 12.6. The van der Waals surface area contributed by atoms with Crippen LogP contribution in [0.1, 0.15) is 29.5 Å². The molecule has 2 N–H and O–H groups in total. The normalized spacial score (nSPS) is 14.4. The molecule has 0 saturated heterocycles. The lowest BCUT2D eigenvalue weighted by Gasteiger charge is -2.27. The first-order chi connectivity index (χ1) is 19.8. The number of ether oxygens (including phenoxy) is 3. The molecule has 1 heterocycles. The summed E-state index contributed by atoms with van der Waals surface area (Å²) in [5, 5.41) is 9.95. The molecule has 0 amide bonds. The average Bonchev–Trinajstić information content (AvgIpc) is 2.96. The molecule has 0 saturated carbocycles. The summed E-state index contributed by atoms with van der Waals surface area (Å²) in [7, 11) is -4.24. The molecule has 208 valence electrons. The van der Waals surface area contributed by atoms with Crippen molar-refractivity contribution >= 4 is 10.1 Å². The fraction of sp³-hybridized carbons (Fsp3) is 0.129. The second-order valence-electron chi connectivity index (χ2n) is 9.03. The van der Waals surface area contributed by atoms with E-state index < -0.39 is 21.9 Å². The van der Waals surface area contributed by atoms with Crippen molar-refractivity contribution in [2.45, 2.75) is 24.3 Å². The van der Waals surface area contributed by atoms with Crippen molar-refractivity contribution in [2.75, 3.05) is 6.61 Å².